The maximum absolute atomic E-state index is 10.3. The molecule has 0 aliphatic carbocycles. The summed E-state index contributed by atoms with van der Waals surface area (Å²) in [6.45, 7) is 2.12. The number of allylic oxidation sites excluding steroid dienone is 1. The van der Waals surface area contributed by atoms with E-state index in [4.69, 9.17) is 5.11 Å². The fraction of sp³-hybridized carbons (Fsp3) is 0.833. The Balaban J connectivity index is 3.43. The van der Waals surface area contributed by atoms with Crippen LogP contribution in [0.4, 0.5) is 0 Å². The van der Waals surface area contributed by atoms with E-state index < -0.39 is 18.2 Å². The molecule has 0 aromatic heterocycles. The minimum atomic E-state index is -0.710. The minimum absolute atomic E-state index is 0.276. The van der Waals surface area contributed by atoms with Gasteiger partial charge in [0.25, 0.3) is 0 Å². The van der Waals surface area contributed by atoms with Gasteiger partial charge in [-0.3, -0.25) is 4.79 Å². The molecule has 3 N–H and O–H groups in total. The van der Waals surface area contributed by atoms with Gasteiger partial charge in [0.05, 0.1) is 12.2 Å². The van der Waals surface area contributed by atoms with Crippen molar-refractivity contribution in [1.82, 2.24) is 0 Å². The second-order valence-electron chi connectivity index (χ2n) is 6.04. The van der Waals surface area contributed by atoms with E-state index in [0.29, 0.717) is 12.8 Å². The van der Waals surface area contributed by atoms with Crippen LogP contribution in [0.15, 0.2) is 12.2 Å². The zero-order valence-electron chi connectivity index (χ0n) is 14.0. The number of aliphatic carboxylic acids is 1. The Morgan fingerprint density at radius 2 is 1.59 bits per heavy atom. The lowest BCUT2D eigenvalue weighted by molar-refractivity contribution is -0.137. The van der Waals surface area contributed by atoms with Crippen LogP contribution in [0.1, 0.15) is 84.0 Å². The Kier molecular flexibility index (Phi) is 14.4. The van der Waals surface area contributed by atoms with Crippen LogP contribution in [-0.2, 0) is 4.79 Å². The highest BCUT2D eigenvalue weighted by molar-refractivity contribution is 5.66. The quantitative estimate of drug-likeness (QED) is 0.315. The third kappa shape index (κ3) is 14.1. The van der Waals surface area contributed by atoms with Crippen LogP contribution in [0.3, 0.4) is 0 Å². The Morgan fingerprint density at radius 3 is 2.27 bits per heavy atom. The second-order valence-corrected chi connectivity index (χ2v) is 6.04. The van der Waals surface area contributed by atoms with Crippen molar-refractivity contribution in [3.8, 4) is 0 Å². The molecule has 0 aliphatic rings. The normalized spacial score (nSPS) is 14.3. The number of aliphatic hydroxyl groups excluding tert-OH is 2. The number of hydrogen-bond donors (Lipinski definition) is 3. The summed E-state index contributed by atoms with van der Waals surface area (Å²) in [5.41, 5.74) is 0. The minimum Gasteiger partial charge on any atom is -0.481 e. The van der Waals surface area contributed by atoms with E-state index in [1.165, 1.54) is 0 Å². The lowest BCUT2D eigenvalue weighted by atomic mass is 10.0. The number of unbranched alkanes of at least 4 members (excludes halogenated alkanes) is 7. The zero-order chi connectivity index (χ0) is 16.6. The molecule has 4 nitrogen and oxygen atoms in total. The summed E-state index contributed by atoms with van der Waals surface area (Å²) in [5, 5.41) is 28.1. The molecule has 0 heterocycles. The SMILES string of the molecule is CCCCCC(O)C(O)C/C=C/CCCCCCCC(=O)O. The highest BCUT2D eigenvalue weighted by atomic mass is 16.4. The number of carboxylic acids is 1. The van der Waals surface area contributed by atoms with Crippen LogP contribution in [0.5, 0.6) is 0 Å². The fourth-order valence-electron chi connectivity index (χ4n) is 2.38. The highest BCUT2D eigenvalue weighted by Crippen LogP contribution is 2.11. The number of aliphatic hydroxyl groups is 2. The van der Waals surface area contributed by atoms with Gasteiger partial charge in [0, 0.05) is 6.42 Å². The zero-order valence-corrected chi connectivity index (χ0v) is 14.0. The maximum atomic E-state index is 10.3. The van der Waals surface area contributed by atoms with Crippen molar-refractivity contribution in [2.45, 2.75) is 96.2 Å². The Hall–Kier alpha value is -0.870. The molecule has 4 heteroatoms. The smallest absolute Gasteiger partial charge is 0.303 e. The molecule has 2 atom stereocenters. The first-order chi connectivity index (χ1) is 10.6. The lowest BCUT2D eigenvalue weighted by Crippen LogP contribution is -2.25. The molecule has 0 rings (SSSR count). The van der Waals surface area contributed by atoms with Crippen LogP contribution in [0.25, 0.3) is 0 Å². The predicted molar refractivity (Wildman–Crippen MR) is 89.9 cm³/mol. The highest BCUT2D eigenvalue weighted by Gasteiger charge is 2.13. The van der Waals surface area contributed by atoms with Gasteiger partial charge >= 0.3 is 5.97 Å². The molecule has 0 bridgehead atoms. The van der Waals surface area contributed by atoms with Crippen molar-refractivity contribution in [2.75, 3.05) is 0 Å². The van der Waals surface area contributed by atoms with Gasteiger partial charge in [-0.25, -0.2) is 0 Å². The summed E-state index contributed by atoms with van der Waals surface area (Å²) < 4.78 is 0. The largest absolute Gasteiger partial charge is 0.481 e. The van der Waals surface area contributed by atoms with Crippen LogP contribution in [0, 0.1) is 0 Å². The lowest BCUT2D eigenvalue weighted by Gasteiger charge is -2.15. The first kappa shape index (κ1) is 21.1. The van der Waals surface area contributed by atoms with Crippen molar-refractivity contribution >= 4 is 5.97 Å². The second kappa shape index (κ2) is 15.0. The van der Waals surface area contributed by atoms with Crippen LogP contribution in [0.2, 0.25) is 0 Å². The molecule has 0 aromatic rings. The standard InChI is InChI=1S/C18H34O4/c1-2-3-10-13-16(19)17(20)14-11-8-6-4-5-7-9-12-15-18(21)22/h8,11,16-17,19-20H,2-7,9-10,12-15H2,1H3,(H,21,22)/b11-8+. The molecule has 0 saturated carbocycles. The fourth-order valence-corrected chi connectivity index (χ4v) is 2.38. The van der Waals surface area contributed by atoms with Crippen LogP contribution < -0.4 is 0 Å². The summed E-state index contributed by atoms with van der Waals surface area (Å²) in [6, 6.07) is 0. The van der Waals surface area contributed by atoms with Gasteiger partial charge in [-0.15, -0.1) is 0 Å². The third-order valence-electron chi connectivity index (χ3n) is 3.85. The van der Waals surface area contributed by atoms with Gasteiger partial charge < -0.3 is 15.3 Å². The van der Waals surface area contributed by atoms with E-state index in [-0.39, 0.29) is 6.42 Å². The summed E-state index contributed by atoms with van der Waals surface area (Å²) in [6.07, 6.45) is 13.5. The van der Waals surface area contributed by atoms with Gasteiger partial charge in [-0.1, -0.05) is 57.6 Å². The van der Waals surface area contributed by atoms with E-state index >= 15 is 0 Å². The van der Waals surface area contributed by atoms with Gasteiger partial charge in [0.1, 0.15) is 0 Å². The molecule has 0 aromatic carbocycles. The maximum Gasteiger partial charge on any atom is 0.303 e. The first-order valence-corrected chi connectivity index (χ1v) is 8.80. The average Bonchev–Trinajstić information content (AvgIpc) is 2.48. The topological polar surface area (TPSA) is 77.8 Å². The molecule has 22 heavy (non-hydrogen) atoms. The Bertz CT molecular complexity index is 289. The summed E-state index contributed by atoms with van der Waals surface area (Å²) in [7, 11) is 0. The predicted octanol–water partition coefficient (Wildman–Crippen LogP) is 4.05. The molecular formula is C18H34O4. The van der Waals surface area contributed by atoms with Gasteiger partial charge in [0.15, 0.2) is 0 Å². The van der Waals surface area contributed by atoms with E-state index in [2.05, 4.69) is 13.0 Å². The van der Waals surface area contributed by atoms with Crippen molar-refractivity contribution in [3.05, 3.63) is 12.2 Å². The van der Waals surface area contributed by atoms with E-state index in [9.17, 15) is 15.0 Å². The van der Waals surface area contributed by atoms with Crippen LogP contribution in [-0.4, -0.2) is 33.5 Å². The Morgan fingerprint density at radius 1 is 0.909 bits per heavy atom. The monoisotopic (exact) mass is 314 g/mol. The van der Waals surface area contributed by atoms with Crippen molar-refractivity contribution in [2.24, 2.45) is 0 Å². The number of carbonyl (C=O) groups is 1. The van der Waals surface area contributed by atoms with E-state index in [1.54, 1.807) is 0 Å². The van der Waals surface area contributed by atoms with Crippen molar-refractivity contribution in [3.63, 3.8) is 0 Å². The third-order valence-corrected chi connectivity index (χ3v) is 3.85. The number of hydrogen-bond acceptors (Lipinski definition) is 3. The Labute approximate surface area is 135 Å². The van der Waals surface area contributed by atoms with Crippen molar-refractivity contribution in [1.29, 1.82) is 0 Å². The summed E-state index contributed by atoms with van der Waals surface area (Å²) in [5.74, 6) is -0.710. The molecule has 130 valence electrons. The molecular weight excluding hydrogens is 280 g/mol. The summed E-state index contributed by atoms with van der Waals surface area (Å²) in [4.78, 5) is 10.3. The number of carboxylic acid groups (broad SMARTS) is 1. The first-order valence-electron chi connectivity index (χ1n) is 8.80. The summed E-state index contributed by atoms with van der Waals surface area (Å²) >= 11 is 0. The molecule has 0 amide bonds. The number of rotatable bonds is 15. The average molecular weight is 314 g/mol. The molecule has 0 fully saturated rings. The van der Waals surface area contributed by atoms with Gasteiger partial charge in [-0.05, 0) is 32.1 Å². The molecule has 0 spiro atoms. The molecule has 0 radical (unpaired) electrons. The van der Waals surface area contributed by atoms with Crippen molar-refractivity contribution < 1.29 is 20.1 Å². The van der Waals surface area contributed by atoms with E-state index in [1.807, 2.05) is 6.08 Å². The van der Waals surface area contributed by atoms with E-state index in [0.717, 1.165) is 57.8 Å². The van der Waals surface area contributed by atoms with Gasteiger partial charge in [0.2, 0.25) is 0 Å². The van der Waals surface area contributed by atoms with Crippen LogP contribution >= 0.6 is 0 Å². The molecule has 2 unspecified atom stereocenters. The van der Waals surface area contributed by atoms with Gasteiger partial charge in [-0.2, -0.15) is 0 Å². The molecule has 0 saturated heterocycles. The molecule has 0 aliphatic heterocycles.